The van der Waals surface area contributed by atoms with Crippen molar-refractivity contribution < 1.29 is 4.42 Å². The first kappa shape index (κ1) is 15.2. The molecule has 2 fully saturated rings. The number of piperazine rings is 1. The average molecular weight is 333 g/mol. The third-order valence-electron chi connectivity index (χ3n) is 5.25. The van der Waals surface area contributed by atoms with E-state index in [9.17, 15) is 4.79 Å². The minimum absolute atomic E-state index is 0.0369. The highest BCUT2D eigenvalue weighted by Crippen LogP contribution is 2.25. The zero-order valence-corrected chi connectivity index (χ0v) is 14.1. The summed E-state index contributed by atoms with van der Waals surface area (Å²) in [5.41, 5.74) is 1.35. The molecule has 4 rings (SSSR count). The highest BCUT2D eigenvalue weighted by molar-refractivity contribution is 6.31. The van der Waals surface area contributed by atoms with Gasteiger partial charge < -0.3 is 4.42 Å². The standard InChI is InChI=1S/C18H21ClN2O2/c1-12-8-20-6-2-3-15(20)10-21(12)9-13-11-23-17-5-4-14(19)7-16(17)18(13)22/h4-5,7,11-12,15H,2-3,6,8-10H2,1H3/t12-,15+/m1/s1. The van der Waals surface area contributed by atoms with Crippen molar-refractivity contribution in [2.75, 3.05) is 19.6 Å². The third-order valence-corrected chi connectivity index (χ3v) is 5.48. The van der Waals surface area contributed by atoms with Crippen molar-refractivity contribution in [3.63, 3.8) is 0 Å². The summed E-state index contributed by atoms with van der Waals surface area (Å²) in [4.78, 5) is 17.7. The van der Waals surface area contributed by atoms with Crippen LogP contribution in [-0.4, -0.2) is 41.5 Å². The van der Waals surface area contributed by atoms with E-state index in [4.69, 9.17) is 16.0 Å². The van der Waals surface area contributed by atoms with Crippen molar-refractivity contribution in [3.8, 4) is 0 Å². The molecule has 0 radical (unpaired) electrons. The number of nitrogens with zero attached hydrogens (tertiary/aromatic N) is 2. The lowest BCUT2D eigenvalue weighted by Crippen LogP contribution is -2.54. The summed E-state index contributed by atoms with van der Waals surface area (Å²) in [6, 6.07) is 6.30. The maximum absolute atomic E-state index is 12.7. The van der Waals surface area contributed by atoms with Crippen LogP contribution in [0.25, 0.3) is 11.0 Å². The van der Waals surface area contributed by atoms with Crippen LogP contribution < -0.4 is 5.43 Å². The van der Waals surface area contributed by atoms with Crippen molar-refractivity contribution in [1.82, 2.24) is 9.80 Å². The summed E-state index contributed by atoms with van der Waals surface area (Å²) in [7, 11) is 0. The van der Waals surface area contributed by atoms with Crippen LogP contribution in [0.1, 0.15) is 25.3 Å². The molecule has 0 saturated carbocycles. The second kappa shape index (κ2) is 5.93. The lowest BCUT2D eigenvalue weighted by Gasteiger charge is -2.42. The molecule has 1 aromatic carbocycles. The molecule has 122 valence electrons. The monoisotopic (exact) mass is 332 g/mol. The molecule has 2 aliphatic heterocycles. The molecule has 2 atom stereocenters. The van der Waals surface area contributed by atoms with Gasteiger partial charge in [0.05, 0.1) is 11.6 Å². The van der Waals surface area contributed by atoms with Crippen LogP contribution in [0.2, 0.25) is 5.02 Å². The second-order valence-corrected chi connectivity index (χ2v) is 7.24. The first-order valence-corrected chi connectivity index (χ1v) is 8.67. The quantitative estimate of drug-likeness (QED) is 0.846. The summed E-state index contributed by atoms with van der Waals surface area (Å²) >= 11 is 6.02. The van der Waals surface area contributed by atoms with Crippen LogP contribution in [0.5, 0.6) is 0 Å². The van der Waals surface area contributed by atoms with Gasteiger partial charge in [0.1, 0.15) is 5.58 Å². The van der Waals surface area contributed by atoms with Gasteiger partial charge in [-0.3, -0.25) is 14.6 Å². The largest absolute Gasteiger partial charge is 0.464 e. The van der Waals surface area contributed by atoms with Gasteiger partial charge in [-0.05, 0) is 44.5 Å². The van der Waals surface area contributed by atoms with Gasteiger partial charge in [-0.25, -0.2) is 0 Å². The zero-order valence-electron chi connectivity index (χ0n) is 13.3. The molecule has 1 aromatic heterocycles. The van der Waals surface area contributed by atoms with E-state index in [1.807, 2.05) is 0 Å². The van der Waals surface area contributed by atoms with Crippen LogP contribution in [-0.2, 0) is 6.54 Å². The molecular weight excluding hydrogens is 312 g/mol. The molecule has 0 spiro atoms. The van der Waals surface area contributed by atoms with Gasteiger partial charge in [0.25, 0.3) is 0 Å². The molecule has 0 unspecified atom stereocenters. The highest BCUT2D eigenvalue weighted by Gasteiger charge is 2.34. The summed E-state index contributed by atoms with van der Waals surface area (Å²) < 4.78 is 5.65. The summed E-state index contributed by atoms with van der Waals surface area (Å²) in [5, 5.41) is 1.14. The van der Waals surface area contributed by atoms with Crippen molar-refractivity contribution >= 4 is 22.6 Å². The minimum Gasteiger partial charge on any atom is -0.464 e. The number of benzene rings is 1. The molecule has 0 bridgehead atoms. The Bertz CT molecular complexity index is 788. The van der Waals surface area contributed by atoms with Crippen LogP contribution in [0.15, 0.2) is 33.7 Å². The molecule has 2 aliphatic rings. The third kappa shape index (κ3) is 2.80. The molecule has 5 heteroatoms. The van der Waals surface area contributed by atoms with E-state index in [0.717, 1.165) is 18.7 Å². The molecule has 4 nitrogen and oxygen atoms in total. The van der Waals surface area contributed by atoms with Gasteiger partial charge in [-0.15, -0.1) is 0 Å². The maximum Gasteiger partial charge on any atom is 0.197 e. The molecule has 2 saturated heterocycles. The fourth-order valence-electron chi connectivity index (χ4n) is 3.94. The average Bonchev–Trinajstić information content (AvgIpc) is 2.98. The molecular formula is C18H21ClN2O2. The zero-order chi connectivity index (χ0) is 16.0. The normalized spacial score (nSPS) is 25.8. The van der Waals surface area contributed by atoms with Crippen LogP contribution in [0.4, 0.5) is 0 Å². The Kier molecular flexibility index (Phi) is 3.92. The lowest BCUT2D eigenvalue weighted by molar-refractivity contribution is 0.0535. The van der Waals surface area contributed by atoms with Gasteiger partial charge in [0.15, 0.2) is 5.43 Å². The van der Waals surface area contributed by atoms with Crippen LogP contribution in [0.3, 0.4) is 0 Å². The molecule has 0 aliphatic carbocycles. The number of rotatable bonds is 2. The van der Waals surface area contributed by atoms with E-state index in [0.29, 0.717) is 34.6 Å². The summed E-state index contributed by atoms with van der Waals surface area (Å²) in [6.45, 7) is 6.24. The topological polar surface area (TPSA) is 36.7 Å². The first-order chi connectivity index (χ1) is 11.1. The van der Waals surface area contributed by atoms with Crippen molar-refractivity contribution in [1.29, 1.82) is 0 Å². The van der Waals surface area contributed by atoms with Gasteiger partial charge >= 0.3 is 0 Å². The van der Waals surface area contributed by atoms with Gasteiger partial charge in [-0.1, -0.05) is 11.6 Å². The smallest absolute Gasteiger partial charge is 0.197 e. The predicted octanol–water partition coefficient (Wildman–Crippen LogP) is 3.11. The summed E-state index contributed by atoms with van der Waals surface area (Å²) in [5.74, 6) is 0. The van der Waals surface area contributed by atoms with E-state index in [1.165, 1.54) is 19.4 Å². The fourth-order valence-corrected chi connectivity index (χ4v) is 4.11. The van der Waals surface area contributed by atoms with E-state index in [-0.39, 0.29) is 5.43 Å². The molecule has 2 aromatic rings. The van der Waals surface area contributed by atoms with E-state index in [2.05, 4.69) is 16.7 Å². The number of halogens is 1. The number of hydrogen-bond acceptors (Lipinski definition) is 4. The molecule has 23 heavy (non-hydrogen) atoms. The Morgan fingerprint density at radius 3 is 3.09 bits per heavy atom. The summed E-state index contributed by atoms with van der Waals surface area (Å²) in [6.07, 6.45) is 4.18. The SMILES string of the molecule is C[C@@H]1CN2CCC[C@H]2CN1Cc1coc2ccc(Cl)cc2c1=O. The van der Waals surface area contributed by atoms with Gasteiger partial charge in [0.2, 0.25) is 0 Å². The van der Waals surface area contributed by atoms with Crippen LogP contribution >= 0.6 is 11.6 Å². The Morgan fingerprint density at radius 2 is 2.22 bits per heavy atom. The Morgan fingerprint density at radius 1 is 1.35 bits per heavy atom. The predicted molar refractivity (Wildman–Crippen MR) is 92.0 cm³/mol. The molecule has 3 heterocycles. The van der Waals surface area contributed by atoms with Crippen molar-refractivity contribution in [2.24, 2.45) is 0 Å². The Labute approximate surface area is 140 Å². The fraction of sp³-hybridized carbons (Fsp3) is 0.500. The van der Waals surface area contributed by atoms with Gasteiger partial charge in [-0.2, -0.15) is 0 Å². The first-order valence-electron chi connectivity index (χ1n) is 8.30. The number of hydrogen-bond donors (Lipinski definition) is 0. The minimum atomic E-state index is 0.0369. The van der Waals surface area contributed by atoms with E-state index < -0.39 is 0 Å². The van der Waals surface area contributed by atoms with E-state index >= 15 is 0 Å². The lowest BCUT2D eigenvalue weighted by atomic mass is 10.1. The Balaban J connectivity index is 1.62. The molecule has 0 N–H and O–H groups in total. The Hall–Kier alpha value is -1.36. The maximum atomic E-state index is 12.7. The second-order valence-electron chi connectivity index (χ2n) is 6.80. The molecule has 0 amide bonds. The van der Waals surface area contributed by atoms with Crippen molar-refractivity contribution in [3.05, 3.63) is 45.3 Å². The van der Waals surface area contributed by atoms with Crippen LogP contribution in [0, 0.1) is 0 Å². The number of fused-ring (bicyclic) bond motifs is 2. The van der Waals surface area contributed by atoms with Gasteiger partial charge in [0, 0.05) is 42.3 Å². The van der Waals surface area contributed by atoms with Crippen molar-refractivity contribution in [2.45, 2.75) is 38.4 Å². The van der Waals surface area contributed by atoms with E-state index in [1.54, 1.807) is 24.5 Å². The highest BCUT2D eigenvalue weighted by atomic mass is 35.5.